The van der Waals surface area contributed by atoms with Crippen LogP contribution in [0.15, 0.2) is 23.8 Å². The Morgan fingerprint density at radius 3 is 2.79 bits per heavy atom. The average Bonchev–Trinajstić information content (AvgIpc) is 2.85. The van der Waals surface area contributed by atoms with Crippen molar-refractivity contribution in [2.45, 2.75) is 65.2 Å². The van der Waals surface area contributed by atoms with E-state index in [2.05, 4.69) is 26.5 Å². The standard InChI is InChI=1S/C22H32O2/c1-4-15-12-19(24)21(3)9-8-18-17(20(15)21)6-5-16-11-14(2)7-10-22(16,18)13-23/h11,15,17-18,20,23H,2,4-10,12-13H2,1,3H3/t15-,17+,18-,20-,21+,22+/m0/s1. The van der Waals surface area contributed by atoms with E-state index in [1.54, 1.807) is 0 Å². The highest BCUT2D eigenvalue weighted by atomic mass is 16.3. The van der Waals surface area contributed by atoms with Gasteiger partial charge in [0.2, 0.25) is 0 Å². The minimum absolute atomic E-state index is 0.0185. The highest BCUT2D eigenvalue weighted by molar-refractivity contribution is 5.87. The average molecular weight is 328 g/mol. The van der Waals surface area contributed by atoms with Gasteiger partial charge in [-0.3, -0.25) is 4.79 Å². The normalized spacial score (nSPS) is 47.7. The number of carbonyl (C=O) groups is 1. The lowest BCUT2D eigenvalue weighted by molar-refractivity contribution is -0.134. The van der Waals surface area contributed by atoms with Crippen LogP contribution in [0.5, 0.6) is 0 Å². The van der Waals surface area contributed by atoms with Crippen LogP contribution in [0.25, 0.3) is 0 Å². The number of rotatable bonds is 2. The van der Waals surface area contributed by atoms with Crippen molar-refractivity contribution in [2.75, 3.05) is 6.61 Å². The van der Waals surface area contributed by atoms with Crippen molar-refractivity contribution >= 4 is 5.78 Å². The molecule has 0 unspecified atom stereocenters. The summed E-state index contributed by atoms with van der Waals surface area (Å²) in [6.07, 6.45) is 10.7. The highest BCUT2D eigenvalue weighted by Crippen LogP contribution is 2.66. The molecule has 0 aromatic heterocycles. The van der Waals surface area contributed by atoms with Crippen LogP contribution in [0, 0.1) is 34.5 Å². The van der Waals surface area contributed by atoms with Crippen LogP contribution in [-0.2, 0) is 4.79 Å². The molecule has 3 fully saturated rings. The summed E-state index contributed by atoms with van der Waals surface area (Å²) in [6, 6.07) is 0. The van der Waals surface area contributed by atoms with E-state index < -0.39 is 0 Å². The molecular weight excluding hydrogens is 296 g/mol. The number of ketones is 1. The Morgan fingerprint density at radius 2 is 2.08 bits per heavy atom. The number of hydrogen-bond donors (Lipinski definition) is 1. The summed E-state index contributed by atoms with van der Waals surface area (Å²) in [6.45, 7) is 8.96. The van der Waals surface area contributed by atoms with Crippen LogP contribution >= 0.6 is 0 Å². The number of aliphatic hydroxyl groups excluding tert-OH is 1. The Kier molecular flexibility index (Phi) is 3.84. The van der Waals surface area contributed by atoms with Crippen molar-refractivity contribution in [3.05, 3.63) is 23.8 Å². The molecule has 0 radical (unpaired) electrons. The molecule has 0 aromatic carbocycles. The molecule has 4 rings (SSSR count). The SMILES string of the molecule is C=C1C=C2CC[C@H]3[C@@H]4[C@@H](CC)CC(=O)[C@@]4(C)CC[C@@H]3[C@@]2(CO)CC1. The van der Waals surface area contributed by atoms with Crippen LogP contribution < -0.4 is 0 Å². The molecule has 0 bridgehead atoms. The monoisotopic (exact) mass is 328 g/mol. The molecule has 0 heterocycles. The fraction of sp³-hybridized carbons (Fsp3) is 0.773. The van der Waals surface area contributed by atoms with Crippen LogP contribution in [0.4, 0.5) is 0 Å². The van der Waals surface area contributed by atoms with E-state index in [0.717, 1.165) is 44.9 Å². The second kappa shape index (κ2) is 5.56. The third-order valence-corrected chi connectivity index (χ3v) is 8.45. The van der Waals surface area contributed by atoms with E-state index in [9.17, 15) is 9.90 Å². The van der Waals surface area contributed by atoms with Gasteiger partial charge in [-0.1, -0.05) is 44.1 Å². The van der Waals surface area contributed by atoms with Gasteiger partial charge in [0.1, 0.15) is 5.78 Å². The maximum atomic E-state index is 12.8. The maximum Gasteiger partial charge on any atom is 0.139 e. The molecule has 0 saturated heterocycles. The summed E-state index contributed by atoms with van der Waals surface area (Å²) in [5, 5.41) is 10.4. The zero-order chi connectivity index (χ0) is 17.1. The lowest BCUT2D eigenvalue weighted by Crippen LogP contribution is -2.53. The number of hydrogen-bond acceptors (Lipinski definition) is 2. The minimum atomic E-state index is -0.0853. The molecule has 4 aliphatic carbocycles. The van der Waals surface area contributed by atoms with Gasteiger partial charge in [-0.2, -0.15) is 0 Å². The Labute approximate surface area is 146 Å². The summed E-state index contributed by atoms with van der Waals surface area (Å²) in [5.74, 6) is 2.82. The van der Waals surface area contributed by atoms with Gasteiger partial charge in [0.05, 0.1) is 6.61 Å². The summed E-state index contributed by atoms with van der Waals surface area (Å²) in [5.41, 5.74) is 2.59. The lowest BCUT2D eigenvalue weighted by atomic mass is 9.46. The van der Waals surface area contributed by atoms with Crippen molar-refractivity contribution in [3.8, 4) is 0 Å². The van der Waals surface area contributed by atoms with E-state index in [1.807, 2.05) is 0 Å². The first-order valence-corrected chi connectivity index (χ1v) is 9.99. The smallest absolute Gasteiger partial charge is 0.139 e. The van der Waals surface area contributed by atoms with Gasteiger partial charge in [0.25, 0.3) is 0 Å². The number of carbonyl (C=O) groups excluding carboxylic acids is 1. The summed E-state index contributed by atoms with van der Waals surface area (Å²) in [4.78, 5) is 12.8. The predicted molar refractivity (Wildman–Crippen MR) is 96.4 cm³/mol. The molecule has 3 saturated carbocycles. The van der Waals surface area contributed by atoms with Gasteiger partial charge < -0.3 is 5.11 Å². The van der Waals surface area contributed by atoms with E-state index in [4.69, 9.17) is 0 Å². The molecule has 0 amide bonds. The molecule has 132 valence electrons. The molecule has 24 heavy (non-hydrogen) atoms. The summed E-state index contributed by atoms with van der Waals surface area (Å²) < 4.78 is 0. The third-order valence-electron chi connectivity index (χ3n) is 8.45. The fourth-order valence-corrected chi connectivity index (χ4v) is 7.19. The Morgan fingerprint density at radius 1 is 1.29 bits per heavy atom. The minimum Gasteiger partial charge on any atom is -0.395 e. The van der Waals surface area contributed by atoms with Crippen LogP contribution in [0.1, 0.15) is 65.2 Å². The molecule has 1 N–H and O–H groups in total. The first-order chi connectivity index (χ1) is 11.5. The summed E-state index contributed by atoms with van der Waals surface area (Å²) in [7, 11) is 0. The molecule has 4 aliphatic rings. The Balaban J connectivity index is 1.75. The molecule has 0 aromatic rings. The maximum absolute atomic E-state index is 12.8. The number of fused-ring (bicyclic) bond motifs is 5. The van der Waals surface area contributed by atoms with Crippen molar-refractivity contribution in [1.29, 1.82) is 0 Å². The van der Waals surface area contributed by atoms with Gasteiger partial charge in [-0.15, -0.1) is 0 Å². The molecule has 6 atom stereocenters. The zero-order valence-electron chi connectivity index (χ0n) is 15.3. The van der Waals surface area contributed by atoms with Gasteiger partial charge in [-0.25, -0.2) is 0 Å². The lowest BCUT2D eigenvalue weighted by Gasteiger charge is -2.58. The van der Waals surface area contributed by atoms with Crippen LogP contribution in [0.2, 0.25) is 0 Å². The van der Waals surface area contributed by atoms with E-state index in [1.165, 1.54) is 17.6 Å². The molecule has 0 spiro atoms. The Hall–Kier alpha value is -0.890. The number of Topliss-reactive ketones (excluding diaryl/α,β-unsaturated/α-hetero) is 1. The second-order valence-electron chi connectivity index (χ2n) is 9.23. The number of allylic oxidation sites excluding steroid dienone is 2. The first-order valence-electron chi connectivity index (χ1n) is 9.99. The second-order valence-corrected chi connectivity index (χ2v) is 9.23. The van der Waals surface area contributed by atoms with Gasteiger partial charge in [-0.05, 0) is 62.2 Å². The fourth-order valence-electron chi connectivity index (χ4n) is 7.19. The van der Waals surface area contributed by atoms with Gasteiger partial charge in [0.15, 0.2) is 0 Å². The number of aliphatic hydroxyl groups is 1. The third kappa shape index (κ3) is 2.01. The first kappa shape index (κ1) is 16.6. The molecule has 0 aliphatic heterocycles. The van der Waals surface area contributed by atoms with Gasteiger partial charge in [0, 0.05) is 17.3 Å². The van der Waals surface area contributed by atoms with Crippen LogP contribution in [0.3, 0.4) is 0 Å². The van der Waals surface area contributed by atoms with Crippen molar-refractivity contribution in [3.63, 3.8) is 0 Å². The molecule has 2 nitrogen and oxygen atoms in total. The van der Waals surface area contributed by atoms with Crippen molar-refractivity contribution in [1.82, 2.24) is 0 Å². The van der Waals surface area contributed by atoms with E-state index >= 15 is 0 Å². The summed E-state index contributed by atoms with van der Waals surface area (Å²) >= 11 is 0. The van der Waals surface area contributed by atoms with E-state index in [0.29, 0.717) is 29.5 Å². The largest absolute Gasteiger partial charge is 0.395 e. The van der Waals surface area contributed by atoms with Gasteiger partial charge >= 0.3 is 0 Å². The molecular formula is C22H32O2. The quantitative estimate of drug-likeness (QED) is 0.799. The topological polar surface area (TPSA) is 37.3 Å². The van der Waals surface area contributed by atoms with E-state index in [-0.39, 0.29) is 17.4 Å². The van der Waals surface area contributed by atoms with Crippen LogP contribution in [-0.4, -0.2) is 17.5 Å². The Bertz CT molecular complexity index is 603. The predicted octanol–water partition coefficient (Wildman–Crippen LogP) is 4.68. The molecule has 2 heteroatoms. The van der Waals surface area contributed by atoms with Crippen molar-refractivity contribution in [2.24, 2.45) is 34.5 Å². The highest BCUT2D eigenvalue weighted by Gasteiger charge is 2.62. The zero-order valence-corrected chi connectivity index (χ0v) is 15.3. The van der Waals surface area contributed by atoms with Crippen molar-refractivity contribution < 1.29 is 9.90 Å².